The smallest absolute Gasteiger partial charge is 0.267 e. The highest BCUT2D eigenvalue weighted by molar-refractivity contribution is 9.15. The highest BCUT2D eigenvalue weighted by atomic mass is 79.9. The Kier molecular flexibility index (Phi) is 9.12. The van der Waals surface area contributed by atoms with Gasteiger partial charge in [-0.2, -0.15) is 0 Å². The molecule has 0 saturated carbocycles. The molecule has 4 amide bonds. The summed E-state index contributed by atoms with van der Waals surface area (Å²) in [6.45, 7) is 0. The average Bonchev–Trinajstić information content (AvgIpc) is 3.44. The van der Waals surface area contributed by atoms with Crippen molar-refractivity contribution in [3.63, 3.8) is 0 Å². The molecule has 0 radical (unpaired) electrons. The van der Waals surface area contributed by atoms with Crippen LogP contribution in [0.2, 0.25) is 0 Å². The number of hydrogen-bond acceptors (Lipinski definition) is 6. The molecule has 45 heavy (non-hydrogen) atoms. The third-order valence-corrected chi connectivity index (χ3v) is 18.3. The number of amides is 4. The number of hydrogen-bond donors (Lipinski definition) is 0. The van der Waals surface area contributed by atoms with Crippen molar-refractivity contribution in [2.45, 2.75) is 9.79 Å². The number of anilines is 2. The number of carbonyl (C=O) groups excluding carboxylic acids is 4. The molecule has 2 heterocycles. The Hall–Kier alpha value is -1.05. The van der Waals surface area contributed by atoms with Crippen LogP contribution in [0.4, 0.5) is 11.4 Å². The van der Waals surface area contributed by atoms with Crippen molar-refractivity contribution in [1.82, 2.24) is 0 Å². The molecule has 17 heteroatoms. The monoisotopic (exact) mass is 1130 g/mol. The van der Waals surface area contributed by atoms with E-state index in [1.807, 2.05) is 0 Å². The zero-order valence-electron chi connectivity index (χ0n) is 21.4. The molecule has 0 N–H and O–H groups in total. The van der Waals surface area contributed by atoms with E-state index < -0.39 is 44.0 Å². The van der Waals surface area contributed by atoms with Gasteiger partial charge >= 0.3 is 0 Å². The lowest BCUT2D eigenvalue weighted by molar-refractivity contribution is 0.0903. The standard InChI is InChI=1S/C28H8Br8N2O6S/c29-16-12-13(17(30)21(34)20(16)33)26(40)37(25(12)39)10-7-4-8-11(45(43,44)9-5-2-1-3-6-9)24(10)38-27(41)14-15(28(38)42)19(32)23(36)22(35)18(14)31/h1-8H. The number of nitrogens with zero attached hydrogens (tertiary/aromatic N) is 2. The maximum Gasteiger partial charge on any atom is 0.267 e. The first-order chi connectivity index (χ1) is 21.1. The Labute approximate surface area is 322 Å². The normalized spacial score (nSPS) is 14.5. The second kappa shape index (κ2) is 12.1. The Morgan fingerprint density at radius 2 is 0.822 bits per heavy atom. The van der Waals surface area contributed by atoms with Crippen molar-refractivity contribution < 1.29 is 27.6 Å². The fraction of sp³-hybridized carbons (Fsp3) is 0. The molecular weight excluding hydrogens is 1130 g/mol. The molecule has 0 aliphatic carbocycles. The summed E-state index contributed by atoms with van der Waals surface area (Å²) in [5, 5.41) is 0. The van der Waals surface area contributed by atoms with Crippen LogP contribution in [0.5, 0.6) is 0 Å². The van der Waals surface area contributed by atoms with Gasteiger partial charge in [-0.1, -0.05) is 24.3 Å². The van der Waals surface area contributed by atoms with E-state index in [0.717, 1.165) is 4.90 Å². The minimum absolute atomic E-state index is 0.00932. The second-order valence-electron chi connectivity index (χ2n) is 9.34. The van der Waals surface area contributed by atoms with Crippen LogP contribution in [-0.2, 0) is 9.84 Å². The van der Waals surface area contributed by atoms with Crippen LogP contribution in [0.3, 0.4) is 0 Å². The van der Waals surface area contributed by atoms with Gasteiger partial charge in [0.25, 0.3) is 23.6 Å². The maximum atomic E-state index is 14.2. The zero-order valence-corrected chi connectivity index (χ0v) is 34.9. The van der Waals surface area contributed by atoms with Crippen molar-refractivity contribution in [1.29, 1.82) is 0 Å². The Balaban J connectivity index is 1.68. The van der Waals surface area contributed by atoms with Gasteiger partial charge in [0, 0.05) is 35.8 Å². The van der Waals surface area contributed by atoms with E-state index >= 15 is 0 Å². The fourth-order valence-corrected chi connectivity index (χ4v) is 11.4. The van der Waals surface area contributed by atoms with Crippen molar-refractivity contribution in [2.24, 2.45) is 0 Å². The SMILES string of the molecule is O=C1c2c(Br)c(Br)c(Br)c(Br)c2C(=O)N1c1cccc(S(=O)(=O)c2ccccc2)c1N1C(=O)c2c(Br)c(Br)c(Br)c(Br)c2C1=O. The number of fused-ring (bicyclic) bond motifs is 2. The van der Waals surface area contributed by atoms with Gasteiger partial charge in [0.1, 0.15) is 0 Å². The topological polar surface area (TPSA) is 109 Å². The highest BCUT2D eigenvalue weighted by Crippen LogP contribution is 2.51. The molecule has 8 nitrogen and oxygen atoms in total. The Morgan fingerprint density at radius 3 is 1.22 bits per heavy atom. The number of sulfone groups is 1. The van der Waals surface area contributed by atoms with Crippen LogP contribution in [0.15, 0.2) is 94.1 Å². The van der Waals surface area contributed by atoms with E-state index in [4.69, 9.17) is 0 Å². The van der Waals surface area contributed by atoms with E-state index in [1.54, 1.807) is 6.07 Å². The quantitative estimate of drug-likeness (QED) is 0.114. The third-order valence-electron chi connectivity index (χ3n) is 6.99. The molecular formula is C28H8Br8N2O6S. The van der Waals surface area contributed by atoms with Crippen LogP contribution in [0.1, 0.15) is 41.4 Å². The van der Waals surface area contributed by atoms with Gasteiger partial charge in [-0.25, -0.2) is 18.2 Å². The number of carbonyl (C=O) groups is 4. The molecule has 4 aromatic rings. The predicted octanol–water partition coefficient (Wildman–Crippen LogP) is 10.2. The minimum atomic E-state index is -4.43. The molecule has 228 valence electrons. The van der Waals surface area contributed by atoms with Crippen LogP contribution in [0.25, 0.3) is 0 Å². The van der Waals surface area contributed by atoms with E-state index in [-0.39, 0.29) is 50.7 Å². The first kappa shape index (κ1) is 33.8. The Morgan fingerprint density at radius 1 is 0.444 bits per heavy atom. The van der Waals surface area contributed by atoms with Gasteiger partial charge in [-0.05, 0) is 152 Å². The zero-order chi connectivity index (χ0) is 32.9. The van der Waals surface area contributed by atoms with Gasteiger partial charge in [0.15, 0.2) is 0 Å². The molecule has 2 aliphatic rings. The Bertz CT molecular complexity index is 2120. The molecule has 0 atom stereocenters. The number of para-hydroxylation sites is 1. The fourth-order valence-electron chi connectivity index (χ4n) is 4.98. The van der Waals surface area contributed by atoms with Gasteiger partial charge in [-0.15, -0.1) is 0 Å². The van der Waals surface area contributed by atoms with Crippen molar-refractivity contribution in [2.75, 3.05) is 9.80 Å². The first-order valence-corrected chi connectivity index (χ1v) is 19.9. The lowest BCUT2D eigenvalue weighted by atomic mass is 10.1. The van der Waals surface area contributed by atoms with Gasteiger partial charge in [0.2, 0.25) is 9.84 Å². The molecule has 0 fully saturated rings. The largest absolute Gasteiger partial charge is 0.268 e. The van der Waals surface area contributed by atoms with Crippen LogP contribution < -0.4 is 9.80 Å². The number of rotatable bonds is 4. The van der Waals surface area contributed by atoms with E-state index in [9.17, 15) is 27.6 Å². The minimum Gasteiger partial charge on any atom is -0.268 e. The summed E-state index contributed by atoms with van der Waals surface area (Å²) in [4.78, 5) is 57.4. The lowest BCUT2D eigenvalue weighted by Crippen LogP contribution is -2.36. The highest BCUT2D eigenvalue weighted by Gasteiger charge is 2.48. The maximum absolute atomic E-state index is 14.2. The summed E-state index contributed by atoms with van der Waals surface area (Å²) in [6, 6.07) is 11.3. The summed E-state index contributed by atoms with van der Waals surface area (Å²) >= 11 is 27.1. The lowest BCUT2D eigenvalue weighted by Gasteiger charge is -2.25. The number of imide groups is 2. The van der Waals surface area contributed by atoms with Gasteiger partial charge < -0.3 is 0 Å². The molecule has 0 saturated heterocycles. The van der Waals surface area contributed by atoms with Crippen molar-refractivity contribution in [3.05, 3.63) is 107 Å². The average molecular weight is 1140 g/mol. The van der Waals surface area contributed by atoms with Crippen LogP contribution >= 0.6 is 127 Å². The second-order valence-corrected chi connectivity index (χ2v) is 17.6. The molecule has 6 rings (SSSR count). The van der Waals surface area contributed by atoms with E-state index in [1.165, 1.54) is 42.5 Å². The summed E-state index contributed by atoms with van der Waals surface area (Å²) in [5.41, 5.74) is -0.876. The molecule has 0 spiro atoms. The molecule has 2 aliphatic heterocycles. The van der Waals surface area contributed by atoms with Crippen LogP contribution in [-0.4, -0.2) is 32.0 Å². The summed E-state index contributed by atoms with van der Waals surface area (Å²) in [6.07, 6.45) is 0. The van der Waals surface area contributed by atoms with E-state index in [2.05, 4.69) is 127 Å². The van der Waals surface area contributed by atoms with E-state index in [0.29, 0.717) is 22.8 Å². The van der Waals surface area contributed by atoms with Gasteiger partial charge in [0.05, 0.1) is 43.4 Å². The van der Waals surface area contributed by atoms with Crippen molar-refractivity contribution >= 4 is 172 Å². The summed E-state index contributed by atoms with van der Waals surface area (Å²) in [5.74, 6) is -3.37. The summed E-state index contributed by atoms with van der Waals surface area (Å²) < 4.78 is 31.1. The predicted molar refractivity (Wildman–Crippen MR) is 195 cm³/mol. The number of benzene rings is 4. The third kappa shape index (κ3) is 4.92. The molecule has 4 aromatic carbocycles. The number of halogens is 8. The van der Waals surface area contributed by atoms with Crippen LogP contribution in [0, 0.1) is 0 Å². The van der Waals surface area contributed by atoms with Crippen molar-refractivity contribution in [3.8, 4) is 0 Å². The first-order valence-electron chi connectivity index (χ1n) is 12.1. The molecule has 0 aromatic heterocycles. The molecule has 0 unspecified atom stereocenters. The summed E-state index contributed by atoms with van der Waals surface area (Å²) in [7, 11) is -4.43. The molecule has 0 bridgehead atoms. The van der Waals surface area contributed by atoms with Gasteiger partial charge in [-0.3, -0.25) is 19.2 Å².